The van der Waals surface area contributed by atoms with E-state index in [4.69, 9.17) is 5.26 Å². The first-order valence-corrected chi connectivity index (χ1v) is 10.8. The van der Waals surface area contributed by atoms with Crippen LogP contribution in [0.4, 0.5) is 4.39 Å². The number of nitriles is 1. The summed E-state index contributed by atoms with van der Waals surface area (Å²) in [6.07, 6.45) is 5.17. The molecule has 2 aromatic rings. The van der Waals surface area contributed by atoms with E-state index in [-0.39, 0.29) is 0 Å². The number of benzene rings is 2. The molecular formula is C26H35FN2. The fourth-order valence-electron chi connectivity index (χ4n) is 3.97. The standard InChI is InChI=1S/C24H32FN.C2H3N/c1-19(26(2)18-21-6-4-3-5-7-21)8-9-20-10-12-22(13-11-20)23-14-16-24(25)17-15-23;1-2-3/h3-7,10-13,19,23-24H,8-9,14-18H2,1-2H3;1H3. The van der Waals surface area contributed by atoms with Gasteiger partial charge in [0, 0.05) is 19.5 Å². The molecule has 0 spiro atoms. The van der Waals surface area contributed by atoms with E-state index in [0.29, 0.717) is 12.0 Å². The number of nitrogens with zero attached hydrogens (tertiary/aromatic N) is 2. The molecule has 1 unspecified atom stereocenters. The zero-order chi connectivity index (χ0) is 21.1. The largest absolute Gasteiger partial charge is 0.299 e. The first-order chi connectivity index (χ1) is 14.0. The third kappa shape index (κ3) is 7.99. The molecule has 156 valence electrons. The van der Waals surface area contributed by atoms with E-state index < -0.39 is 6.17 Å². The van der Waals surface area contributed by atoms with Gasteiger partial charge in [-0.1, -0.05) is 54.6 Å². The first kappa shape index (κ1) is 23.1. The highest BCUT2D eigenvalue weighted by molar-refractivity contribution is 5.26. The van der Waals surface area contributed by atoms with Gasteiger partial charge in [-0.05, 0) is 75.1 Å². The van der Waals surface area contributed by atoms with Crippen LogP contribution < -0.4 is 0 Å². The molecule has 3 heteroatoms. The predicted molar refractivity (Wildman–Crippen MR) is 120 cm³/mol. The summed E-state index contributed by atoms with van der Waals surface area (Å²) >= 11 is 0. The normalized spacial score (nSPS) is 19.7. The molecule has 2 nitrogen and oxygen atoms in total. The maximum absolute atomic E-state index is 13.3. The van der Waals surface area contributed by atoms with Gasteiger partial charge < -0.3 is 0 Å². The van der Waals surface area contributed by atoms with Crippen molar-refractivity contribution < 1.29 is 4.39 Å². The van der Waals surface area contributed by atoms with E-state index in [1.165, 1.54) is 23.6 Å². The van der Waals surface area contributed by atoms with Crippen molar-refractivity contribution in [3.63, 3.8) is 0 Å². The minimum Gasteiger partial charge on any atom is -0.299 e. The van der Waals surface area contributed by atoms with Crippen molar-refractivity contribution in [3.8, 4) is 6.07 Å². The Morgan fingerprint density at radius 2 is 1.59 bits per heavy atom. The van der Waals surface area contributed by atoms with Gasteiger partial charge in [0.2, 0.25) is 0 Å². The van der Waals surface area contributed by atoms with Crippen LogP contribution in [-0.4, -0.2) is 24.2 Å². The van der Waals surface area contributed by atoms with Gasteiger partial charge in [0.15, 0.2) is 0 Å². The van der Waals surface area contributed by atoms with Crippen LogP contribution in [0.5, 0.6) is 0 Å². The third-order valence-corrected chi connectivity index (χ3v) is 5.99. The van der Waals surface area contributed by atoms with Gasteiger partial charge in [-0.25, -0.2) is 4.39 Å². The van der Waals surface area contributed by atoms with E-state index in [2.05, 4.69) is 73.5 Å². The fraction of sp³-hybridized carbons (Fsp3) is 0.500. The fourth-order valence-corrected chi connectivity index (χ4v) is 3.97. The molecule has 1 aliphatic rings. The average molecular weight is 395 g/mol. The third-order valence-electron chi connectivity index (χ3n) is 5.99. The van der Waals surface area contributed by atoms with Crippen LogP contribution in [0.1, 0.15) is 68.6 Å². The molecule has 1 aliphatic carbocycles. The lowest BCUT2D eigenvalue weighted by Gasteiger charge is -2.25. The minimum atomic E-state index is -0.570. The quantitative estimate of drug-likeness (QED) is 0.524. The number of aryl methyl sites for hydroxylation is 1. The van der Waals surface area contributed by atoms with Gasteiger partial charge >= 0.3 is 0 Å². The van der Waals surface area contributed by atoms with E-state index in [9.17, 15) is 4.39 Å². The van der Waals surface area contributed by atoms with Crippen molar-refractivity contribution in [3.05, 3.63) is 71.3 Å². The topological polar surface area (TPSA) is 27.0 Å². The number of rotatable bonds is 7. The molecule has 3 rings (SSSR count). The summed E-state index contributed by atoms with van der Waals surface area (Å²) in [5.74, 6) is 0.562. The van der Waals surface area contributed by atoms with Crippen molar-refractivity contribution in [2.75, 3.05) is 7.05 Å². The summed E-state index contributed by atoms with van der Waals surface area (Å²) in [5, 5.41) is 7.32. The molecule has 1 fully saturated rings. The molecule has 0 saturated heterocycles. The summed E-state index contributed by atoms with van der Waals surface area (Å²) in [7, 11) is 2.21. The van der Waals surface area contributed by atoms with Gasteiger partial charge in [-0.15, -0.1) is 0 Å². The van der Waals surface area contributed by atoms with Crippen molar-refractivity contribution >= 4 is 0 Å². The minimum absolute atomic E-state index is 0.551. The second-order valence-electron chi connectivity index (χ2n) is 8.20. The van der Waals surface area contributed by atoms with E-state index in [0.717, 1.165) is 45.1 Å². The average Bonchev–Trinajstić information content (AvgIpc) is 2.74. The summed E-state index contributed by atoms with van der Waals surface area (Å²) in [5.41, 5.74) is 4.18. The number of hydrogen-bond donors (Lipinski definition) is 0. The highest BCUT2D eigenvalue weighted by Crippen LogP contribution is 2.34. The molecule has 0 heterocycles. The summed E-state index contributed by atoms with van der Waals surface area (Å²) < 4.78 is 13.3. The Hall–Kier alpha value is -2.18. The molecule has 0 aliphatic heterocycles. The van der Waals surface area contributed by atoms with Gasteiger partial charge in [0.25, 0.3) is 0 Å². The van der Waals surface area contributed by atoms with Crippen LogP contribution in [0, 0.1) is 11.3 Å². The van der Waals surface area contributed by atoms with Crippen molar-refractivity contribution in [2.24, 2.45) is 0 Å². The second-order valence-corrected chi connectivity index (χ2v) is 8.20. The Morgan fingerprint density at radius 1 is 1.00 bits per heavy atom. The van der Waals surface area contributed by atoms with Crippen LogP contribution in [0.25, 0.3) is 0 Å². The second kappa shape index (κ2) is 12.4. The van der Waals surface area contributed by atoms with Crippen LogP contribution in [0.15, 0.2) is 54.6 Å². The molecule has 0 amide bonds. The Kier molecular flexibility index (Phi) is 9.88. The van der Waals surface area contributed by atoms with Gasteiger partial charge in [0.1, 0.15) is 6.17 Å². The Labute approximate surface area is 176 Å². The van der Waals surface area contributed by atoms with E-state index >= 15 is 0 Å². The SMILES string of the molecule is CC#N.CC(CCc1ccc(C2CCC(F)CC2)cc1)N(C)Cc1ccccc1. The number of halogens is 1. The summed E-state index contributed by atoms with van der Waals surface area (Å²) in [6.45, 7) is 4.74. The molecule has 0 bridgehead atoms. The van der Waals surface area contributed by atoms with Crippen LogP contribution in [0.2, 0.25) is 0 Å². The maximum atomic E-state index is 13.3. The van der Waals surface area contributed by atoms with E-state index in [1.807, 2.05) is 0 Å². The molecule has 1 atom stereocenters. The monoisotopic (exact) mass is 394 g/mol. The molecular weight excluding hydrogens is 359 g/mol. The molecule has 0 N–H and O–H groups in total. The first-order valence-electron chi connectivity index (χ1n) is 10.8. The van der Waals surface area contributed by atoms with E-state index in [1.54, 1.807) is 6.07 Å². The van der Waals surface area contributed by atoms with Gasteiger partial charge in [-0.2, -0.15) is 5.26 Å². The lowest BCUT2D eigenvalue weighted by atomic mass is 9.83. The summed E-state index contributed by atoms with van der Waals surface area (Å²) in [4.78, 5) is 2.43. The van der Waals surface area contributed by atoms with Crippen molar-refractivity contribution in [2.45, 2.75) is 77.0 Å². The summed E-state index contributed by atoms with van der Waals surface area (Å²) in [6, 6.07) is 22.1. The molecule has 29 heavy (non-hydrogen) atoms. The lowest BCUT2D eigenvalue weighted by Crippen LogP contribution is -2.29. The van der Waals surface area contributed by atoms with Crippen LogP contribution in [-0.2, 0) is 13.0 Å². The zero-order valence-electron chi connectivity index (χ0n) is 18.2. The van der Waals surface area contributed by atoms with Crippen LogP contribution in [0.3, 0.4) is 0 Å². The highest BCUT2D eigenvalue weighted by atomic mass is 19.1. The maximum Gasteiger partial charge on any atom is 0.100 e. The van der Waals surface area contributed by atoms with Crippen molar-refractivity contribution in [1.29, 1.82) is 5.26 Å². The Morgan fingerprint density at radius 3 is 2.17 bits per heavy atom. The van der Waals surface area contributed by atoms with Crippen molar-refractivity contribution in [1.82, 2.24) is 4.90 Å². The Balaban J connectivity index is 0.000000941. The Bertz CT molecular complexity index is 728. The smallest absolute Gasteiger partial charge is 0.100 e. The number of hydrogen-bond acceptors (Lipinski definition) is 2. The van der Waals surface area contributed by atoms with Gasteiger partial charge in [0.05, 0.1) is 6.07 Å². The predicted octanol–water partition coefficient (Wildman–Crippen LogP) is 6.67. The molecule has 2 aromatic carbocycles. The highest BCUT2D eigenvalue weighted by Gasteiger charge is 2.21. The van der Waals surface area contributed by atoms with Crippen LogP contribution >= 0.6 is 0 Å². The molecule has 0 radical (unpaired) electrons. The molecule has 1 saturated carbocycles. The molecule has 0 aromatic heterocycles. The lowest BCUT2D eigenvalue weighted by molar-refractivity contribution is 0.235. The zero-order valence-corrected chi connectivity index (χ0v) is 18.2. The number of alkyl halides is 1. The van der Waals surface area contributed by atoms with Gasteiger partial charge in [-0.3, -0.25) is 4.90 Å².